The van der Waals surface area contributed by atoms with Gasteiger partial charge in [0.1, 0.15) is 5.60 Å². The van der Waals surface area contributed by atoms with Crippen molar-refractivity contribution in [1.82, 2.24) is 0 Å². The van der Waals surface area contributed by atoms with Gasteiger partial charge in [-0.3, -0.25) is 0 Å². The average Bonchev–Trinajstić information content (AvgIpc) is 2.84. The molecule has 1 saturated heterocycles. The largest absolute Gasteiger partial charge is 0.417 e. The summed E-state index contributed by atoms with van der Waals surface area (Å²) in [5.74, 6) is 0. The molecule has 4 heteroatoms. The summed E-state index contributed by atoms with van der Waals surface area (Å²) in [6, 6.07) is 0. The quantitative estimate of drug-likeness (QED) is 0.453. The lowest BCUT2D eigenvalue weighted by Gasteiger charge is -2.36. The fourth-order valence-electron chi connectivity index (χ4n) is 1.61. The van der Waals surface area contributed by atoms with Crippen LogP contribution in [0.2, 0.25) is 18.1 Å². The molecule has 0 saturated carbocycles. The van der Waals surface area contributed by atoms with Crippen LogP contribution in [-0.4, -0.2) is 38.3 Å². The second-order valence-corrected chi connectivity index (χ2v) is 11.6. The molecule has 0 aliphatic carbocycles. The van der Waals surface area contributed by atoms with Gasteiger partial charge in [0.15, 0.2) is 8.32 Å². The summed E-state index contributed by atoms with van der Waals surface area (Å²) in [5, 5.41) is 9.36. The highest BCUT2D eigenvalue weighted by Gasteiger charge is 2.51. The molecule has 1 heterocycles. The van der Waals surface area contributed by atoms with Gasteiger partial charge < -0.3 is 14.3 Å². The van der Waals surface area contributed by atoms with E-state index in [0.29, 0.717) is 0 Å². The summed E-state index contributed by atoms with van der Waals surface area (Å²) >= 11 is 0. The topological polar surface area (TPSA) is 42.0 Å². The summed E-state index contributed by atoms with van der Waals surface area (Å²) in [6.07, 6.45) is 2.24. The first-order valence-corrected chi connectivity index (χ1v) is 9.46. The van der Waals surface area contributed by atoms with Crippen molar-refractivity contribution in [3.63, 3.8) is 0 Å². The third kappa shape index (κ3) is 3.78. The highest BCUT2D eigenvalue weighted by atomic mass is 28.4. The van der Waals surface area contributed by atoms with Crippen LogP contribution in [0.15, 0.2) is 0 Å². The second-order valence-electron chi connectivity index (χ2n) is 6.83. The Kier molecular flexibility index (Phi) is 4.45. The van der Waals surface area contributed by atoms with Crippen LogP contribution in [0.4, 0.5) is 0 Å². The van der Waals surface area contributed by atoms with Gasteiger partial charge in [-0.2, -0.15) is 0 Å². The zero-order chi connectivity index (χ0) is 13.3. The molecule has 1 aliphatic rings. The number of aliphatic hydroxyl groups is 1. The van der Waals surface area contributed by atoms with Crippen LogP contribution in [0, 0.1) is 0 Å². The van der Waals surface area contributed by atoms with Gasteiger partial charge in [-0.05, 0) is 37.9 Å². The molecule has 0 radical (unpaired) electrons. The van der Waals surface area contributed by atoms with Crippen molar-refractivity contribution in [3.05, 3.63) is 0 Å². The van der Waals surface area contributed by atoms with E-state index in [2.05, 4.69) is 33.9 Å². The fourth-order valence-corrected chi connectivity index (χ4v) is 2.69. The van der Waals surface area contributed by atoms with Crippen LogP contribution in [-0.2, 0) is 9.16 Å². The van der Waals surface area contributed by atoms with Crippen molar-refractivity contribution in [2.45, 2.75) is 70.4 Å². The summed E-state index contributed by atoms with van der Waals surface area (Å²) in [7, 11) is -1.59. The Balaban J connectivity index is 2.18. The van der Waals surface area contributed by atoms with E-state index < -0.39 is 8.32 Å². The Hall–Kier alpha value is 0.0969. The molecule has 1 rings (SSSR count). The van der Waals surface area contributed by atoms with Gasteiger partial charge in [-0.1, -0.05) is 20.8 Å². The lowest BCUT2D eigenvalue weighted by Crippen LogP contribution is -2.41. The van der Waals surface area contributed by atoms with E-state index in [1.54, 1.807) is 0 Å². The maximum absolute atomic E-state index is 9.08. The Morgan fingerprint density at radius 3 is 2.35 bits per heavy atom. The van der Waals surface area contributed by atoms with Gasteiger partial charge in [0, 0.05) is 6.61 Å². The second kappa shape index (κ2) is 5.00. The van der Waals surface area contributed by atoms with E-state index in [-0.39, 0.29) is 23.4 Å². The Morgan fingerprint density at radius 2 is 1.94 bits per heavy atom. The van der Waals surface area contributed by atoms with E-state index in [1.165, 1.54) is 0 Å². The van der Waals surface area contributed by atoms with Crippen molar-refractivity contribution in [3.8, 4) is 0 Å². The molecule has 2 unspecified atom stereocenters. The predicted molar refractivity (Wildman–Crippen MR) is 72.7 cm³/mol. The SMILES string of the molecule is CC1(CO)OC1CCCO[Si](C)(C)C(C)(C)C. The van der Waals surface area contributed by atoms with Gasteiger partial charge in [0.05, 0.1) is 12.7 Å². The average molecular weight is 260 g/mol. The standard InChI is InChI=1S/C13H28O3Si/c1-12(2,3)17(5,6)15-9-7-8-11-13(4,10-14)16-11/h11,14H,7-10H2,1-6H3. The van der Waals surface area contributed by atoms with Crippen LogP contribution in [0.1, 0.15) is 40.5 Å². The molecule has 0 spiro atoms. The third-order valence-corrected chi connectivity index (χ3v) is 8.77. The molecule has 0 aromatic carbocycles. The van der Waals surface area contributed by atoms with Gasteiger partial charge in [-0.25, -0.2) is 0 Å². The number of aliphatic hydroxyl groups excluding tert-OH is 1. The molecule has 0 aromatic heterocycles. The zero-order valence-electron chi connectivity index (χ0n) is 12.2. The van der Waals surface area contributed by atoms with Crippen molar-refractivity contribution in [2.24, 2.45) is 0 Å². The van der Waals surface area contributed by atoms with Crippen LogP contribution in [0.3, 0.4) is 0 Å². The number of hydrogen-bond acceptors (Lipinski definition) is 3. The molecule has 1 aliphatic heterocycles. The predicted octanol–water partition coefficient (Wildman–Crippen LogP) is 2.94. The van der Waals surface area contributed by atoms with E-state index in [0.717, 1.165) is 19.4 Å². The molecule has 3 nitrogen and oxygen atoms in total. The first-order valence-electron chi connectivity index (χ1n) is 6.55. The van der Waals surface area contributed by atoms with E-state index in [9.17, 15) is 0 Å². The van der Waals surface area contributed by atoms with Gasteiger partial charge in [0.25, 0.3) is 0 Å². The van der Waals surface area contributed by atoms with Crippen LogP contribution in [0.5, 0.6) is 0 Å². The molecule has 0 bridgehead atoms. The highest BCUT2D eigenvalue weighted by molar-refractivity contribution is 6.74. The summed E-state index contributed by atoms with van der Waals surface area (Å²) in [5.41, 5.74) is -0.267. The maximum atomic E-state index is 9.08. The molecule has 2 atom stereocenters. The minimum atomic E-state index is -1.59. The third-order valence-electron chi connectivity index (χ3n) is 4.23. The fraction of sp³-hybridized carbons (Fsp3) is 1.00. The Bertz CT molecular complexity index is 260. The minimum Gasteiger partial charge on any atom is -0.417 e. The smallest absolute Gasteiger partial charge is 0.191 e. The molecule has 17 heavy (non-hydrogen) atoms. The molecule has 102 valence electrons. The van der Waals surface area contributed by atoms with Gasteiger partial charge in [0.2, 0.25) is 0 Å². The highest BCUT2D eigenvalue weighted by Crippen LogP contribution is 2.39. The van der Waals surface area contributed by atoms with Crippen LogP contribution >= 0.6 is 0 Å². The normalized spacial score (nSPS) is 29.5. The lowest BCUT2D eigenvalue weighted by atomic mass is 10.1. The lowest BCUT2D eigenvalue weighted by molar-refractivity contribution is 0.184. The van der Waals surface area contributed by atoms with Crippen molar-refractivity contribution >= 4 is 8.32 Å². The summed E-state index contributed by atoms with van der Waals surface area (Å²) in [4.78, 5) is 0. The van der Waals surface area contributed by atoms with Crippen LogP contribution in [0.25, 0.3) is 0 Å². The molecular formula is C13H28O3Si. The monoisotopic (exact) mass is 260 g/mol. The van der Waals surface area contributed by atoms with E-state index in [4.69, 9.17) is 14.3 Å². The van der Waals surface area contributed by atoms with E-state index in [1.807, 2.05) is 6.92 Å². The number of epoxide rings is 1. The van der Waals surface area contributed by atoms with Crippen LogP contribution < -0.4 is 0 Å². The minimum absolute atomic E-state index is 0.126. The molecule has 0 amide bonds. The van der Waals surface area contributed by atoms with Gasteiger partial charge in [-0.15, -0.1) is 0 Å². The summed E-state index contributed by atoms with van der Waals surface area (Å²) < 4.78 is 11.6. The first-order chi connectivity index (χ1) is 7.62. The van der Waals surface area contributed by atoms with Crippen molar-refractivity contribution < 1.29 is 14.3 Å². The number of ether oxygens (including phenoxy) is 1. The summed E-state index contributed by atoms with van der Waals surface area (Å²) in [6.45, 7) is 14.2. The molecular weight excluding hydrogens is 232 g/mol. The zero-order valence-corrected chi connectivity index (χ0v) is 13.2. The Morgan fingerprint density at radius 1 is 1.35 bits per heavy atom. The molecule has 1 fully saturated rings. The van der Waals surface area contributed by atoms with Crippen molar-refractivity contribution in [1.29, 1.82) is 0 Å². The number of rotatable bonds is 6. The van der Waals surface area contributed by atoms with Gasteiger partial charge >= 0.3 is 0 Å². The first kappa shape index (κ1) is 15.2. The van der Waals surface area contributed by atoms with Crippen molar-refractivity contribution in [2.75, 3.05) is 13.2 Å². The Labute approximate surface area is 107 Å². The molecule has 0 aromatic rings. The maximum Gasteiger partial charge on any atom is 0.191 e. The van der Waals surface area contributed by atoms with E-state index >= 15 is 0 Å². The molecule has 1 N–H and O–H groups in total. The number of hydrogen-bond donors (Lipinski definition) is 1.